The summed E-state index contributed by atoms with van der Waals surface area (Å²) in [6.45, 7) is 2.63. The summed E-state index contributed by atoms with van der Waals surface area (Å²) in [5, 5.41) is 15.2. The van der Waals surface area contributed by atoms with Crippen LogP contribution in [0.2, 0.25) is 5.02 Å². The summed E-state index contributed by atoms with van der Waals surface area (Å²) in [6, 6.07) is 8.77. The summed E-state index contributed by atoms with van der Waals surface area (Å²) in [4.78, 5) is 0. The molecule has 2 N–H and O–H groups in total. The van der Waals surface area contributed by atoms with Crippen molar-refractivity contribution < 1.29 is 4.42 Å². The third-order valence-electron chi connectivity index (χ3n) is 3.30. The van der Waals surface area contributed by atoms with Gasteiger partial charge in [0.2, 0.25) is 5.89 Å². The number of halogens is 1. The monoisotopic (exact) mass is 292 g/mol. The molecule has 0 spiro atoms. The van der Waals surface area contributed by atoms with E-state index in [0.717, 1.165) is 10.6 Å². The number of benzene rings is 1. The predicted octanol–water partition coefficient (Wildman–Crippen LogP) is 3.15. The fourth-order valence-electron chi connectivity index (χ4n) is 1.99. The second-order valence-electron chi connectivity index (χ2n) is 5.04. The lowest BCUT2D eigenvalue weighted by Crippen LogP contribution is -2.15. The average molecular weight is 293 g/mol. The van der Waals surface area contributed by atoms with Gasteiger partial charge in [0.25, 0.3) is 0 Å². The topological polar surface area (TPSA) is 63.0 Å². The van der Waals surface area contributed by atoms with Crippen molar-refractivity contribution in [3.8, 4) is 0 Å². The lowest BCUT2D eigenvalue weighted by molar-refractivity contribution is 0.473. The molecular formula is C14H17ClN4O. The molecule has 3 rings (SSSR count). The first-order chi connectivity index (χ1) is 9.72. The van der Waals surface area contributed by atoms with Crippen LogP contribution in [0.25, 0.3) is 0 Å². The van der Waals surface area contributed by atoms with E-state index in [1.54, 1.807) is 0 Å². The van der Waals surface area contributed by atoms with Gasteiger partial charge in [-0.15, -0.1) is 5.10 Å². The van der Waals surface area contributed by atoms with E-state index in [1.807, 2.05) is 31.2 Å². The quantitative estimate of drug-likeness (QED) is 0.856. The molecule has 1 aliphatic rings. The van der Waals surface area contributed by atoms with Crippen molar-refractivity contribution in [2.75, 3.05) is 5.32 Å². The summed E-state index contributed by atoms with van der Waals surface area (Å²) < 4.78 is 5.55. The molecule has 0 amide bonds. The first kappa shape index (κ1) is 13.4. The Morgan fingerprint density at radius 1 is 1.35 bits per heavy atom. The third kappa shape index (κ3) is 3.29. The minimum atomic E-state index is 0.00777. The molecule has 0 aliphatic heterocycles. The summed E-state index contributed by atoms with van der Waals surface area (Å²) >= 11 is 6.17. The molecule has 2 aromatic rings. The molecule has 5 nitrogen and oxygen atoms in total. The van der Waals surface area contributed by atoms with E-state index in [2.05, 4.69) is 20.8 Å². The van der Waals surface area contributed by atoms with Crippen LogP contribution in [-0.2, 0) is 6.54 Å². The van der Waals surface area contributed by atoms with E-state index in [9.17, 15) is 0 Å². The number of nitrogens with one attached hydrogen (secondary N) is 2. The van der Waals surface area contributed by atoms with E-state index >= 15 is 0 Å². The number of anilines is 1. The van der Waals surface area contributed by atoms with Crippen LogP contribution in [0.5, 0.6) is 0 Å². The third-order valence-corrected chi connectivity index (χ3v) is 3.64. The molecule has 1 atom stereocenters. The lowest BCUT2D eigenvalue weighted by Gasteiger charge is -2.13. The van der Waals surface area contributed by atoms with Crippen molar-refractivity contribution in [2.24, 2.45) is 0 Å². The van der Waals surface area contributed by atoms with Crippen molar-refractivity contribution >= 4 is 17.6 Å². The zero-order valence-electron chi connectivity index (χ0n) is 11.3. The maximum Gasteiger partial charge on any atom is 0.315 e. The number of aromatic nitrogens is 2. The molecule has 1 aromatic carbocycles. The first-order valence-corrected chi connectivity index (χ1v) is 7.17. The molecule has 6 heteroatoms. The van der Waals surface area contributed by atoms with Gasteiger partial charge in [-0.05, 0) is 31.4 Å². The Bertz CT molecular complexity index is 582. The van der Waals surface area contributed by atoms with Gasteiger partial charge in [-0.3, -0.25) is 0 Å². The zero-order chi connectivity index (χ0) is 13.9. The SMILES string of the molecule is CC(Nc1nnc(CNC2CC2)o1)c1ccccc1Cl. The fraction of sp³-hybridized carbons (Fsp3) is 0.429. The summed E-state index contributed by atoms with van der Waals surface area (Å²) in [5.41, 5.74) is 1.00. The molecule has 0 radical (unpaired) electrons. The molecule has 1 aromatic heterocycles. The van der Waals surface area contributed by atoms with E-state index in [0.29, 0.717) is 24.5 Å². The van der Waals surface area contributed by atoms with Gasteiger partial charge in [-0.25, -0.2) is 0 Å². The molecule has 20 heavy (non-hydrogen) atoms. The van der Waals surface area contributed by atoms with Crippen molar-refractivity contribution in [3.05, 3.63) is 40.7 Å². The van der Waals surface area contributed by atoms with Gasteiger partial charge in [0, 0.05) is 11.1 Å². The Morgan fingerprint density at radius 3 is 2.90 bits per heavy atom. The summed E-state index contributed by atoms with van der Waals surface area (Å²) in [7, 11) is 0. The molecule has 0 saturated heterocycles. The van der Waals surface area contributed by atoms with Crippen molar-refractivity contribution in [1.29, 1.82) is 0 Å². The van der Waals surface area contributed by atoms with Gasteiger partial charge in [0.05, 0.1) is 12.6 Å². The van der Waals surface area contributed by atoms with Gasteiger partial charge in [0.15, 0.2) is 0 Å². The summed E-state index contributed by atoms with van der Waals surface area (Å²) in [5.74, 6) is 0.603. The number of hydrogen-bond donors (Lipinski definition) is 2. The minimum Gasteiger partial charge on any atom is -0.407 e. The van der Waals surface area contributed by atoms with E-state index in [4.69, 9.17) is 16.0 Å². The van der Waals surface area contributed by atoms with E-state index in [-0.39, 0.29) is 6.04 Å². The van der Waals surface area contributed by atoms with E-state index < -0.39 is 0 Å². The highest BCUT2D eigenvalue weighted by molar-refractivity contribution is 6.31. The molecule has 1 fully saturated rings. The minimum absolute atomic E-state index is 0.00777. The Morgan fingerprint density at radius 2 is 2.15 bits per heavy atom. The molecule has 1 aliphatic carbocycles. The highest BCUT2D eigenvalue weighted by atomic mass is 35.5. The molecule has 1 unspecified atom stereocenters. The average Bonchev–Trinajstić information content (AvgIpc) is 3.17. The second kappa shape index (κ2) is 5.81. The van der Waals surface area contributed by atoms with Gasteiger partial charge in [-0.2, -0.15) is 0 Å². The maximum atomic E-state index is 6.17. The normalized spacial score (nSPS) is 16.1. The standard InChI is InChI=1S/C14H17ClN4O/c1-9(11-4-2-3-5-12(11)15)17-14-19-18-13(20-14)8-16-10-6-7-10/h2-5,9-10,16H,6-8H2,1H3,(H,17,19). The summed E-state index contributed by atoms with van der Waals surface area (Å²) in [6.07, 6.45) is 2.48. The van der Waals surface area contributed by atoms with Crippen LogP contribution >= 0.6 is 11.6 Å². The molecule has 1 saturated carbocycles. The highest BCUT2D eigenvalue weighted by Crippen LogP contribution is 2.25. The van der Waals surface area contributed by atoms with Crippen LogP contribution in [-0.4, -0.2) is 16.2 Å². The molecule has 0 bridgehead atoms. The Labute approximate surface area is 122 Å². The van der Waals surface area contributed by atoms with Crippen LogP contribution in [0, 0.1) is 0 Å². The fourth-order valence-corrected chi connectivity index (χ4v) is 2.29. The Balaban J connectivity index is 1.60. The van der Waals surface area contributed by atoms with Crippen molar-refractivity contribution in [1.82, 2.24) is 15.5 Å². The zero-order valence-corrected chi connectivity index (χ0v) is 12.0. The molecular weight excluding hydrogens is 276 g/mol. The first-order valence-electron chi connectivity index (χ1n) is 6.79. The molecule has 106 valence electrons. The maximum absolute atomic E-state index is 6.17. The van der Waals surface area contributed by atoms with Gasteiger partial charge in [-0.1, -0.05) is 34.9 Å². The van der Waals surface area contributed by atoms with Crippen LogP contribution in [0.4, 0.5) is 6.01 Å². The number of rotatable bonds is 6. The molecule has 1 heterocycles. The highest BCUT2D eigenvalue weighted by Gasteiger charge is 2.21. The Hall–Kier alpha value is -1.59. The second-order valence-corrected chi connectivity index (χ2v) is 5.45. The van der Waals surface area contributed by atoms with Crippen molar-refractivity contribution in [2.45, 2.75) is 38.4 Å². The van der Waals surface area contributed by atoms with Gasteiger partial charge >= 0.3 is 6.01 Å². The predicted molar refractivity (Wildman–Crippen MR) is 77.6 cm³/mol. The number of nitrogens with zero attached hydrogens (tertiary/aromatic N) is 2. The van der Waals surface area contributed by atoms with Crippen molar-refractivity contribution in [3.63, 3.8) is 0 Å². The number of hydrogen-bond acceptors (Lipinski definition) is 5. The van der Waals surface area contributed by atoms with Gasteiger partial charge < -0.3 is 15.1 Å². The van der Waals surface area contributed by atoms with Crippen LogP contribution in [0.15, 0.2) is 28.7 Å². The van der Waals surface area contributed by atoms with E-state index in [1.165, 1.54) is 12.8 Å². The Kier molecular flexibility index (Phi) is 3.89. The van der Waals surface area contributed by atoms with Gasteiger partial charge in [0.1, 0.15) is 0 Å². The van der Waals surface area contributed by atoms with Crippen LogP contribution < -0.4 is 10.6 Å². The van der Waals surface area contributed by atoms with Crippen LogP contribution in [0.1, 0.15) is 37.3 Å². The largest absolute Gasteiger partial charge is 0.407 e. The van der Waals surface area contributed by atoms with Crippen LogP contribution in [0.3, 0.4) is 0 Å². The lowest BCUT2D eigenvalue weighted by atomic mass is 10.1. The smallest absolute Gasteiger partial charge is 0.315 e.